The second-order valence-corrected chi connectivity index (χ2v) is 5.49. The summed E-state index contributed by atoms with van der Waals surface area (Å²) in [4.78, 5) is 0. The van der Waals surface area contributed by atoms with Crippen molar-refractivity contribution in [1.82, 2.24) is 0 Å². The molecule has 0 aliphatic carbocycles. The Morgan fingerprint density at radius 3 is 1.91 bits per heavy atom. The van der Waals surface area contributed by atoms with Gasteiger partial charge in [-0.1, -0.05) is 31.9 Å². The SMILES string of the molecule is CC(C)(Br)OC(C)(C)OCBr. The van der Waals surface area contributed by atoms with Crippen molar-refractivity contribution in [3.63, 3.8) is 0 Å². The second kappa shape index (κ2) is 4.21. The molecule has 0 aliphatic rings. The lowest BCUT2D eigenvalue weighted by Gasteiger charge is -2.31. The topological polar surface area (TPSA) is 18.5 Å². The molecule has 0 fully saturated rings. The van der Waals surface area contributed by atoms with Gasteiger partial charge in [-0.2, -0.15) is 0 Å². The predicted octanol–water partition coefficient (Wildman–Crippen LogP) is 3.24. The molecule has 0 bridgehead atoms. The molecule has 0 aromatic carbocycles. The van der Waals surface area contributed by atoms with Gasteiger partial charge in [0.1, 0.15) is 10.0 Å². The fraction of sp³-hybridized carbons (Fsp3) is 1.00. The summed E-state index contributed by atoms with van der Waals surface area (Å²) < 4.78 is 10.5. The molecule has 0 aliphatic heterocycles. The van der Waals surface area contributed by atoms with E-state index in [-0.39, 0.29) is 4.51 Å². The maximum Gasteiger partial charge on any atom is 0.165 e. The fourth-order valence-electron chi connectivity index (χ4n) is 0.745. The highest BCUT2D eigenvalue weighted by molar-refractivity contribution is 9.10. The molecule has 0 atom stereocenters. The van der Waals surface area contributed by atoms with E-state index in [1.807, 2.05) is 27.7 Å². The van der Waals surface area contributed by atoms with Crippen LogP contribution in [0.1, 0.15) is 27.7 Å². The van der Waals surface area contributed by atoms with Crippen LogP contribution in [0.5, 0.6) is 0 Å². The van der Waals surface area contributed by atoms with Gasteiger partial charge in [0.15, 0.2) is 5.79 Å². The van der Waals surface area contributed by atoms with Gasteiger partial charge in [-0.3, -0.25) is 0 Å². The zero-order valence-electron chi connectivity index (χ0n) is 7.28. The van der Waals surface area contributed by atoms with Crippen molar-refractivity contribution in [3.05, 3.63) is 0 Å². The van der Waals surface area contributed by atoms with Crippen LogP contribution < -0.4 is 0 Å². The summed E-state index contributed by atoms with van der Waals surface area (Å²) >= 11 is 6.54. The van der Waals surface area contributed by atoms with E-state index in [0.29, 0.717) is 5.52 Å². The molecule has 0 unspecified atom stereocenters. The molecule has 2 nitrogen and oxygen atoms in total. The average Bonchev–Trinajstić information content (AvgIpc) is 1.55. The van der Waals surface area contributed by atoms with E-state index in [4.69, 9.17) is 9.47 Å². The van der Waals surface area contributed by atoms with Gasteiger partial charge in [0.2, 0.25) is 0 Å². The summed E-state index contributed by atoms with van der Waals surface area (Å²) in [6, 6.07) is 0. The highest BCUT2D eigenvalue weighted by Crippen LogP contribution is 2.26. The Hall–Kier alpha value is 0.880. The molecule has 0 amide bonds. The van der Waals surface area contributed by atoms with Gasteiger partial charge in [-0.25, -0.2) is 0 Å². The molecule has 68 valence electrons. The molecule has 0 N–H and O–H groups in total. The summed E-state index contributed by atoms with van der Waals surface area (Å²) in [5, 5.41) is 0. The Balaban J connectivity index is 3.91. The Kier molecular flexibility index (Phi) is 4.55. The normalized spacial score (nSPS) is 13.6. The van der Waals surface area contributed by atoms with Gasteiger partial charge in [0, 0.05) is 0 Å². The van der Waals surface area contributed by atoms with Crippen LogP contribution in [0.25, 0.3) is 0 Å². The Morgan fingerprint density at radius 2 is 1.64 bits per heavy atom. The van der Waals surface area contributed by atoms with E-state index in [1.165, 1.54) is 0 Å². The first kappa shape index (κ1) is 11.9. The maximum absolute atomic E-state index is 5.53. The molecule has 0 rings (SSSR count). The Morgan fingerprint density at radius 1 is 1.18 bits per heavy atom. The van der Waals surface area contributed by atoms with Crippen molar-refractivity contribution >= 4 is 31.9 Å². The van der Waals surface area contributed by atoms with Crippen molar-refractivity contribution in [2.75, 3.05) is 5.52 Å². The quantitative estimate of drug-likeness (QED) is 0.584. The van der Waals surface area contributed by atoms with Gasteiger partial charge in [-0.05, 0) is 27.7 Å². The minimum absolute atomic E-state index is 0.349. The molecule has 0 aromatic rings. The summed E-state index contributed by atoms with van der Waals surface area (Å²) in [7, 11) is 0. The highest BCUT2D eigenvalue weighted by Gasteiger charge is 2.27. The van der Waals surface area contributed by atoms with Crippen LogP contribution in [-0.4, -0.2) is 15.8 Å². The molecule has 0 spiro atoms. The largest absolute Gasteiger partial charge is 0.339 e. The van der Waals surface area contributed by atoms with Crippen molar-refractivity contribution in [1.29, 1.82) is 0 Å². The predicted molar refractivity (Wildman–Crippen MR) is 53.0 cm³/mol. The number of hydrogen-bond donors (Lipinski definition) is 0. The Labute approximate surface area is 84.9 Å². The summed E-state index contributed by atoms with van der Waals surface area (Å²) in [6.07, 6.45) is 0. The third-order valence-electron chi connectivity index (χ3n) is 0.891. The third-order valence-corrected chi connectivity index (χ3v) is 1.28. The van der Waals surface area contributed by atoms with Gasteiger partial charge in [0.05, 0.1) is 0 Å². The zero-order valence-corrected chi connectivity index (χ0v) is 10.5. The van der Waals surface area contributed by atoms with Gasteiger partial charge in [-0.15, -0.1) is 0 Å². The standard InChI is InChI=1S/C7H14Br2O2/c1-6(2,9)11-7(3,4)10-5-8/h5H2,1-4H3. The minimum Gasteiger partial charge on any atom is -0.339 e. The highest BCUT2D eigenvalue weighted by atomic mass is 79.9. The van der Waals surface area contributed by atoms with Gasteiger partial charge < -0.3 is 9.47 Å². The monoisotopic (exact) mass is 288 g/mol. The van der Waals surface area contributed by atoms with Crippen LogP contribution in [0.3, 0.4) is 0 Å². The average molecular weight is 290 g/mol. The van der Waals surface area contributed by atoms with Crippen LogP contribution in [0.4, 0.5) is 0 Å². The van der Waals surface area contributed by atoms with Crippen molar-refractivity contribution in [3.8, 4) is 0 Å². The second-order valence-electron chi connectivity index (χ2n) is 3.12. The molecule has 11 heavy (non-hydrogen) atoms. The number of halogens is 2. The zero-order chi connectivity index (χ0) is 9.12. The fourth-order valence-corrected chi connectivity index (χ4v) is 1.69. The minimum atomic E-state index is -0.559. The van der Waals surface area contributed by atoms with Gasteiger partial charge in [0.25, 0.3) is 0 Å². The molecular weight excluding hydrogens is 276 g/mol. The molecular formula is C7H14Br2O2. The lowest BCUT2D eigenvalue weighted by Crippen LogP contribution is -2.35. The van der Waals surface area contributed by atoms with Crippen LogP contribution >= 0.6 is 31.9 Å². The smallest absolute Gasteiger partial charge is 0.165 e. The Bertz CT molecular complexity index is 118. The number of rotatable bonds is 4. The first-order valence-electron chi connectivity index (χ1n) is 3.36. The van der Waals surface area contributed by atoms with E-state index in [2.05, 4.69) is 31.9 Å². The van der Waals surface area contributed by atoms with Crippen LogP contribution in [0, 0.1) is 0 Å². The maximum atomic E-state index is 5.53. The summed E-state index contributed by atoms with van der Waals surface area (Å²) in [6.45, 7) is 7.59. The first-order valence-corrected chi connectivity index (χ1v) is 5.27. The molecule has 0 radical (unpaired) electrons. The van der Waals surface area contributed by atoms with Crippen molar-refractivity contribution in [2.45, 2.75) is 38.0 Å². The van der Waals surface area contributed by atoms with Crippen molar-refractivity contribution < 1.29 is 9.47 Å². The van der Waals surface area contributed by atoms with Crippen LogP contribution in [0.15, 0.2) is 0 Å². The van der Waals surface area contributed by atoms with Crippen LogP contribution in [-0.2, 0) is 9.47 Å². The van der Waals surface area contributed by atoms with Crippen LogP contribution in [0.2, 0.25) is 0 Å². The van der Waals surface area contributed by atoms with E-state index in [0.717, 1.165) is 0 Å². The van der Waals surface area contributed by atoms with Gasteiger partial charge >= 0.3 is 0 Å². The molecule has 0 aromatic heterocycles. The summed E-state index contributed by atoms with van der Waals surface area (Å²) in [5.74, 6) is -0.559. The lowest BCUT2D eigenvalue weighted by atomic mass is 10.3. The number of ether oxygens (including phenoxy) is 2. The molecule has 0 heterocycles. The lowest BCUT2D eigenvalue weighted by molar-refractivity contribution is -0.226. The number of alkyl halides is 2. The van der Waals surface area contributed by atoms with E-state index in [9.17, 15) is 0 Å². The third kappa shape index (κ3) is 7.25. The summed E-state index contributed by atoms with van der Waals surface area (Å²) in [5.41, 5.74) is 0.475. The van der Waals surface area contributed by atoms with E-state index < -0.39 is 5.79 Å². The first-order chi connectivity index (χ1) is 4.77. The van der Waals surface area contributed by atoms with Crippen molar-refractivity contribution in [2.24, 2.45) is 0 Å². The molecule has 0 saturated carbocycles. The van der Waals surface area contributed by atoms with E-state index >= 15 is 0 Å². The molecule has 4 heteroatoms. The molecule has 0 saturated heterocycles. The van der Waals surface area contributed by atoms with E-state index in [1.54, 1.807) is 0 Å². The number of hydrogen-bond acceptors (Lipinski definition) is 2.